The van der Waals surface area contributed by atoms with Crippen molar-refractivity contribution >= 4 is 17.5 Å². The Labute approximate surface area is 112 Å². The van der Waals surface area contributed by atoms with Crippen molar-refractivity contribution in [2.24, 2.45) is 5.73 Å². The number of aromatic nitrogens is 1. The van der Waals surface area contributed by atoms with Crippen LogP contribution >= 0.6 is 0 Å². The van der Waals surface area contributed by atoms with Crippen LogP contribution in [-0.2, 0) is 4.79 Å². The first kappa shape index (κ1) is 14.9. The fourth-order valence-corrected chi connectivity index (χ4v) is 1.73. The molecule has 4 N–H and O–H groups in total. The molecule has 0 aliphatic carbocycles. The van der Waals surface area contributed by atoms with Crippen LogP contribution in [0.15, 0.2) is 12.3 Å². The molecule has 0 radical (unpaired) electrons. The largest absolute Gasteiger partial charge is 0.397 e. The molecule has 19 heavy (non-hydrogen) atoms. The zero-order valence-corrected chi connectivity index (χ0v) is 11.3. The molecule has 104 valence electrons. The summed E-state index contributed by atoms with van der Waals surface area (Å²) in [7, 11) is 0. The highest BCUT2D eigenvalue weighted by Gasteiger charge is 2.19. The third-order valence-corrected chi connectivity index (χ3v) is 2.75. The smallest absolute Gasteiger partial charge is 0.256 e. The van der Waals surface area contributed by atoms with Gasteiger partial charge in [0.15, 0.2) is 0 Å². The van der Waals surface area contributed by atoms with Gasteiger partial charge in [0.25, 0.3) is 5.91 Å². The SMILES string of the molecule is CCCCN(CC(N)=O)C(=O)c1cc(N)cnc1C. The Balaban J connectivity index is 2.97. The third-order valence-electron chi connectivity index (χ3n) is 2.75. The summed E-state index contributed by atoms with van der Waals surface area (Å²) in [6, 6.07) is 1.57. The van der Waals surface area contributed by atoms with Gasteiger partial charge in [0, 0.05) is 6.54 Å². The van der Waals surface area contributed by atoms with Gasteiger partial charge in [-0.2, -0.15) is 0 Å². The number of nitrogen functional groups attached to an aromatic ring is 1. The lowest BCUT2D eigenvalue weighted by atomic mass is 10.1. The Kier molecular flexibility index (Phi) is 5.29. The van der Waals surface area contributed by atoms with Gasteiger partial charge < -0.3 is 16.4 Å². The number of unbranched alkanes of at least 4 members (excludes halogenated alkanes) is 1. The zero-order valence-electron chi connectivity index (χ0n) is 11.3. The van der Waals surface area contributed by atoms with E-state index in [9.17, 15) is 9.59 Å². The highest BCUT2D eigenvalue weighted by molar-refractivity contribution is 5.97. The van der Waals surface area contributed by atoms with Crippen molar-refractivity contribution in [3.8, 4) is 0 Å². The highest BCUT2D eigenvalue weighted by Crippen LogP contribution is 2.13. The maximum atomic E-state index is 12.4. The van der Waals surface area contributed by atoms with E-state index in [1.165, 1.54) is 11.1 Å². The second-order valence-electron chi connectivity index (χ2n) is 4.45. The van der Waals surface area contributed by atoms with E-state index >= 15 is 0 Å². The summed E-state index contributed by atoms with van der Waals surface area (Å²) in [5.41, 5.74) is 12.2. The van der Waals surface area contributed by atoms with Crippen LogP contribution < -0.4 is 11.5 Å². The molecule has 0 aliphatic rings. The van der Waals surface area contributed by atoms with E-state index in [1.54, 1.807) is 13.0 Å². The molecule has 1 aromatic heterocycles. The molecule has 1 rings (SSSR count). The number of carbonyl (C=O) groups is 2. The van der Waals surface area contributed by atoms with Crippen LogP contribution in [0.3, 0.4) is 0 Å². The summed E-state index contributed by atoms with van der Waals surface area (Å²) < 4.78 is 0. The number of hydrogen-bond donors (Lipinski definition) is 2. The molecule has 2 amide bonds. The second kappa shape index (κ2) is 6.72. The maximum Gasteiger partial charge on any atom is 0.256 e. The number of pyridine rings is 1. The van der Waals surface area contributed by atoms with Gasteiger partial charge in [0.2, 0.25) is 5.91 Å². The molecule has 1 aromatic rings. The number of hydrogen-bond acceptors (Lipinski definition) is 4. The van der Waals surface area contributed by atoms with Gasteiger partial charge in [-0.05, 0) is 19.4 Å². The minimum atomic E-state index is -0.529. The van der Waals surface area contributed by atoms with E-state index in [0.717, 1.165) is 12.8 Å². The molecule has 6 nitrogen and oxygen atoms in total. The quantitative estimate of drug-likeness (QED) is 0.789. The number of anilines is 1. The number of nitrogens with zero attached hydrogens (tertiary/aromatic N) is 2. The first-order valence-corrected chi connectivity index (χ1v) is 6.25. The molecular formula is C13H20N4O2. The maximum absolute atomic E-state index is 12.4. The van der Waals surface area contributed by atoms with Crippen molar-refractivity contribution in [3.63, 3.8) is 0 Å². The van der Waals surface area contributed by atoms with Crippen LogP contribution in [0.5, 0.6) is 0 Å². The number of nitrogens with two attached hydrogens (primary N) is 2. The van der Waals surface area contributed by atoms with E-state index in [1.807, 2.05) is 6.92 Å². The number of amides is 2. The molecule has 0 aliphatic heterocycles. The van der Waals surface area contributed by atoms with Crippen molar-refractivity contribution in [1.82, 2.24) is 9.88 Å². The number of rotatable bonds is 6. The van der Waals surface area contributed by atoms with Crippen LogP contribution in [0.25, 0.3) is 0 Å². The monoisotopic (exact) mass is 264 g/mol. The van der Waals surface area contributed by atoms with Crippen molar-refractivity contribution in [1.29, 1.82) is 0 Å². The Bertz CT molecular complexity index is 474. The van der Waals surface area contributed by atoms with Gasteiger partial charge in [0.1, 0.15) is 0 Å². The molecular weight excluding hydrogens is 244 g/mol. The van der Waals surface area contributed by atoms with Crippen LogP contribution in [0.1, 0.15) is 35.8 Å². The molecule has 0 saturated carbocycles. The van der Waals surface area contributed by atoms with Crippen molar-refractivity contribution < 1.29 is 9.59 Å². The lowest BCUT2D eigenvalue weighted by molar-refractivity contribution is -0.118. The minimum absolute atomic E-state index is 0.0902. The van der Waals surface area contributed by atoms with E-state index in [4.69, 9.17) is 11.5 Å². The fraction of sp³-hybridized carbons (Fsp3) is 0.462. The molecule has 0 fully saturated rings. The minimum Gasteiger partial charge on any atom is -0.397 e. The molecule has 0 saturated heterocycles. The topological polar surface area (TPSA) is 102 Å². The fourth-order valence-electron chi connectivity index (χ4n) is 1.73. The average Bonchev–Trinajstić information content (AvgIpc) is 2.36. The highest BCUT2D eigenvalue weighted by atomic mass is 16.2. The van der Waals surface area contributed by atoms with E-state index < -0.39 is 5.91 Å². The summed E-state index contributed by atoms with van der Waals surface area (Å²) in [4.78, 5) is 28.9. The average molecular weight is 264 g/mol. The zero-order chi connectivity index (χ0) is 14.4. The molecule has 1 heterocycles. The van der Waals surface area contributed by atoms with Crippen molar-refractivity contribution in [2.75, 3.05) is 18.8 Å². The molecule has 0 unspecified atom stereocenters. The summed E-state index contributed by atoms with van der Waals surface area (Å²) >= 11 is 0. The number of carbonyl (C=O) groups excluding carboxylic acids is 2. The summed E-state index contributed by atoms with van der Waals surface area (Å²) in [6.45, 7) is 4.15. The first-order chi connectivity index (χ1) is 8.95. The first-order valence-electron chi connectivity index (χ1n) is 6.25. The van der Waals surface area contributed by atoms with E-state index in [0.29, 0.717) is 23.5 Å². The molecule has 0 atom stereocenters. The lowest BCUT2D eigenvalue weighted by Gasteiger charge is -2.21. The van der Waals surface area contributed by atoms with Crippen molar-refractivity contribution in [3.05, 3.63) is 23.5 Å². The summed E-state index contributed by atoms with van der Waals surface area (Å²) in [5, 5.41) is 0. The van der Waals surface area contributed by atoms with Crippen LogP contribution in [0.2, 0.25) is 0 Å². The predicted molar refractivity (Wildman–Crippen MR) is 73.4 cm³/mol. The molecule has 0 aromatic carbocycles. The predicted octanol–water partition coefficient (Wildman–Crippen LogP) is 0.700. The van der Waals surface area contributed by atoms with Gasteiger partial charge in [-0.15, -0.1) is 0 Å². The van der Waals surface area contributed by atoms with Gasteiger partial charge in [-0.1, -0.05) is 13.3 Å². The lowest BCUT2D eigenvalue weighted by Crippen LogP contribution is -2.39. The van der Waals surface area contributed by atoms with E-state index in [-0.39, 0.29) is 12.5 Å². The van der Waals surface area contributed by atoms with Crippen molar-refractivity contribution in [2.45, 2.75) is 26.7 Å². The summed E-state index contributed by atoms with van der Waals surface area (Å²) in [5.74, 6) is -0.788. The van der Waals surface area contributed by atoms with Crippen LogP contribution in [-0.4, -0.2) is 34.8 Å². The van der Waals surface area contributed by atoms with Gasteiger partial charge in [-0.25, -0.2) is 0 Å². The normalized spacial score (nSPS) is 10.2. The Morgan fingerprint density at radius 3 is 2.68 bits per heavy atom. The molecule has 6 heteroatoms. The van der Waals surface area contributed by atoms with Crippen LogP contribution in [0, 0.1) is 6.92 Å². The van der Waals surface area contributed by atoms with Gasteiger partial charge in [-0.3, -0.25) is 14.6 Å². The van der Waals surface area contributed by atoms with E-state index in [2.05, 4.69) is 4.98 Å². The second-order valence-corrected chi connectivity index (χ2v) is 4.45. The molecule has 0 spiro atoms. The third kappa shape index (κ3) is 4.24. The van der Waals surface area contributed by atoms with Gasteiger partial charge in [0.05, 0.1) is 29.7 Å². The molecule has 0 bridgehead atoms. The Morgan fingerprint density at radius 1 is 1.42 bits per heavy atom. The summed E-state index contributed by atoms with van der Waals surface area (Å²) in [6.07, 6.45) is 3.24. The van der Waals surface area contributed by atoms with Gasteiger partial charge >= 0.3 is 0 Å². The standard InChI is InChI=1S/C13H20N4O2/c1-3-4-5-17(8-12(15)18)13(19)11-6-10(14)7-16-9(11)2/h6-7H,3-5,8,14H2,1-2H3,(H2,15,18). The van der Waals surface area contributed by atoms with Crippen LogP contribution in [0.4, 0.5) is 5.69 Å². The Morgan fingerprint density at radius 2 is 2.11 bits per heavy atom. The number of primary amides is 1. The number of aryl methyl sites for hydroxylation is 1. The Hall–Kier alpha value is -2.11.